The molecule has 0 unspecified atom stereocenters. The van der Waals surface area contributed by atoms with Gasteiger partial charge in [-0.3, -0.25) is 0 Å². The summed E-state index contributed by atoms with van der Waals surface area (Å²) in [7, 11) is 2.18. The van der Waals surface area contributed by atoms with E-state index in [0.717, 1.165) is 14.2 Å². The van der Waals surface area contributed by atoms with Crippen LogP contribution in [0.5, 0.6) is 11.8 Å². The molecule has 0 N–H and O–H groups in total. The summed E-state index contributed by atoms with van der Waals surface area (Å²) in [4.78, 5) is 13.5. The second kappa shape index (κ2) is 5.73. The zero-order valence-electron chi connectivity index (χ0n) is 12.2. The van der Waals surface area contributed by atoms with Crippen molar-refractivity contribution in [2.24, 2.45) is 5.11 Å². The van der Waals surface area contributed by atoms with Crippen LogP contribution in [0.3, 0.4) is 0 Å². The van der Waals surface area contributed by atoms with Crippen LogP contribution in [0.1, 0.15) is 20.8 Å². The number of nitrogens with zero attached hydrogens (tertiary/aromatic N) is 5. The molecular formula is C10H15N5O6. The molecule has 11 nitrogen and oxygen atoms in total. The molecule has 0 bridgehead atoms. The fourth-order valence-corrected chi connectivity index (χ4v) is 1.38. The number of hydrogen-bond acceptors (Lipinski definition) is 8. The summed E-state index contributed by atoms with van der Waals surface area (Å²) in [5.41, 5.74) is -0.781. The topological polar surface area (TPSA) is 140 Å². The first kappa shape index (κ1) is 16.3. The fourth-order valence-electron chi connectivity index (χ4n) is 1.38. The molecule has 0 aliphatic heterocycles. The van der Waals surface area contributed by atoms with E-state index >= 15 is 0 Å². The molecule has 1 aromatic heterocycles. The Kier molecular flexibility index (Phi) is 4.45. The van der Waals surface area contributed by atoms with E-state index in [0.29, 0.717) is 0 Å². The van der Waals surface area contributed by atoms with Gasteiger partial charge < -0.3 is 30.0 Å². The van der Waals surface area contributed by atoms with E-state index in [-0.39, 0.29) is 9.59 Å². The first-order chi connectivity index (χ1) is 9.62. The number of hydrogen-bond donors (Lipinski definition) is 0. The second-order valence-electron chi connectivity index (χ2n) is 4.87. The summed E-state index contributed by atoms with van der Waals surface area (Å²) in [5.74, 6) is -2.78. The number of methoxy groups -OCH3 is 2. The van der Waals surface area contributed by atoms with E-state index < -0.39 is 33.9 Å². The van der Waals surface area contributed by atoms with Crippen molar-refractivity contribution < 1.29 is 24.0 Å². The highest BCUT2D eigenvalue weighted by molar-refractivity contribution is 5.39. The maximum absolute atomic E-state index is 12.0. The average Bonchev–Trinajstić information content (AvgIpc) is 2.35. The molecule has 1 heterocycles. The predicted molar refractivity (Wildman–Crippen MR) is 68.4 cm³/mol. The molecule has 21 heavy (non-hydrogen) atoms. The molecule has 0 aliphatic rings. The van der Waals surface area contributed by atoms with Gasteiger partial charge in [0, 0.05) is 4.98 Å². The average molecular weight is 301 g/mol. The quantitative estimate of drug-likeness (QED) is 0.266. The first-order valence-corrected chi connectivity index (χ1v) is 5.72. The predicted octanol–water partition coefficient (Wildman–Crippen LogP) is 1.03. The molecule has 116 valence electrons. The van der Waals surface area contributed by atoms with Gasteiger partial charge in [-0.1, -0.05) is 4.73 Å². The smallest absolute Gasteiger partial charge is 0.484 e. The van der Waals surface area contributed by atoms with Crippen LogP contribution < -0.4 is 14.2 Å². The number of ether oxygens (including phenoxy) is 2. The van der Waals surface area contributed by atoms with Crippen molar-refractivity contribution in [2.75, 3.05) is 14.2 Å². The summed E-state index contributed by atoms with van der Waals surface area (Å²) >= 11 is 0. The van der Waals surface area contributed by atoms with Gasteiger partial charge in [-0.25, -0.2) is 0 Å². The molecule has 0 saturated carbocycles. The third-order valence-corrected chi connectivity index (χ3v) is 2.09. The van der Waals surface area contributed by atoms with Crippen LogP contribution in [0.25, 0.3) is 0 Å². The monoisotopic (exact) mass is 301 g/mol. The standard InChI is InChI=1S/C10H15N5O6/c1-10(2,3)12-14(17)6-8(20-4)13(16)9(21-5)7(11-6)15(18)19/h1-5H3. The summed E-state index contributed by atoms with van der Waals surface area (Å²) in [6, 6.07) is 0. The minimum atomic E-state index is -0.943. The molecule has 0 radical (unpaired) electrons. The Morgan fingerprint density at radius 3 is 2.00 bits per heavy atom. The van der Waals surface area contributed by atoms with Gasteiger partial charge >= 0.3 is 23.4 Å². The summed E-state index contributed by atoms with van der Waals surface area (Å²) in [6.45, 7) is 4.90. The Morgan fingerprint density at radius 2 is 1.62 bits per heavy atom. The second-order valence-corrected chi connectivity index (χ2v) is 4.87. The van der Waals surface area contributed by atoms with Crippen LogP contribution in [0.15, 0.2) is 5.11 Å². The molecule has 11 heteroatoms. The van der Waals surface area contributed by atoms with E-state index in [9.17, 15) is 20.5 Å². The number of aromatic nitrogens is 2. The molecule has 0 saturated heterocycles. The van der Waals surface area contributed by atoms with Crippen molar-refractivity contribution >= 4 is 11.6 Å². The van der Waals surface area contributed by atoms with Gasteiger partial charge in [-0.2, -0.15) is 0 Å². The van der Waals surface area contributed by atoms with Gasteiger partial charge in [0.05, 0.1) is 19.8 Å². The van der Waals surface area contributed by atoms with Crippen molar-refractivity contribution in [3.05, 3.63) is 20.5 Å². The van der Waals surface area contributed by atoms with Crippen LogP contribution in [-0.4, -0.2) is 34.5 Å². The van der Waals surface area contributed by atoms with Gasteiger partial charge in [0.25, 0.3) is 0 Å². The lowest BCUT2D eigenvalue weighted by molar-refractivity contribution is -0.629. The van der Waals surface area contributed by atoms with Gasteiger partial charge in [-0.05, 0) is 25.7 Å². The van der Waals surface area contributed by atoms with Crippen molar-refractivity contribution in [2.45, 2.75) is 26.3 Å². The Hall–Kier alpha value is -2.72. The highest BCUT2D eigenvalue weighted by Gasteiger charge is 2.39. The van der Waals surface area contributed by atoms with Crippen LogP contribution in [0.4, 0.5) is 11.6 Å². The van der Waals surface area contributed by atoms with Crippen molar-refractivity contribution in [3.8, 4) is 11.8 Å². The summed E-state index contributed by atoms with van der Waals surface area (Å²) in [5, 5.41) is 38.5. The maximum Gasteiger partial charge on any atom is 0.484 e. The summed E-state index contributed by atoms with van der Waals surface area (Å²) in [6.07, 6.45) is 0. The lowest BCUT2D eigenvalue weighted by atomic mass is 10.1. The lowest BCUT2D eigenvalue weighted by Gasteiger charge is -2.14. The maximum atomic E-state index is 12.0. The first-order valence-electron chi connectivity index (χ1n) is 5.72. The minimum Gasteiger partial charge on any atom is -0.691 e. The molecule has 0 spiro atoms. The van der Waals surface area contributed by atoms with Gasteiger partial charge in [0.15, 0.2) is 0 Å². The molecular weight excluding hydrogens is 286 g/mol. The highest BCUT2D eigenvalue weighted by Crippen LogP contribution is 2.30. The molecule has 0 amide bonds. The van der Waals surface area contributed by atoms with E-state index in [2.05, 4.69) is 14.8 Å². The summed E-state index contributed by atoms with van der Waals surface area (Å²) < 4.78 is 9.38. The van der Waals surface area contributed by atoms with Crippen molar-refractivity contribution in [3.63, 3.8) is 0 Å². The van der Waals surface area contributed by atoms with Gasteiger partial charge in [0.2, 0.25) is 0 Å². The van der Waals surface area contributed by atoms with E-state index in [1.165, 1.54) is 0 Å². The van der Waals surface area contributed by atoms with Crippen LogP contribution in [-0.2, 0) is 0 Å². The molecule has 0 atom stereocenters. The highest BCUT2D eigenvalue weighted by atomic mass is 16.6. The molecule has 1 rings (SSSR count). The van der Waals surface area contributed by atoms with Crippen LogP contribution in [0.2, 0.25) is 0 Å². The Balaban J connectivity index is 3.66. The SMILES string of the molecule is COc1c([N+](=O)[O-])nc([N+]([O-])=NC(C)(C)C)c(OC)[n+]1[O-]. The van der Waals surface area contributed by atoms with Crippen molar-refractivity contribution in [1.82, 2.24) is 4.98 Å². The van der Waals surface area contributed by atoms with Crippen molar-refractivity contribution in [1.29, 1.82) is 0 Å². The zero-order chi connectivity index (χ0) is 16.4. The Morgan fingerprint density at radius 1 is 1.14 bits per heavy atom. The number of azo groups is 1. The van der Waals surface area contributed by atoms with Crippen LogP contribution >= 0.6 is 0 Å². The Bertz CT molecular complexity index is 595. The van der Waals surface area contributed by atoms with Crippen LogP contribution in [0, 0.1) is 20.5 Å². The van der Waals surface area contributed by atoms with Gasteiger partial charge in [-0.15, -0.1) is 9.97 Å². The lowest BCUT2D eigenvalue weighted by Crippen LogP contribution is -2.33. The van der Waals surface area contributed by atoms with E-state index in [1.54, 1.807) is 20.8 Å². The van der Waals surface area contributed by atoms with Gasteiger partial charge in [0.1, 0.15) is 0 Å². The molecule has 1 aromatic rings. The third kappa shape index (κ3) is 3.43. The van der Waals surface area contributed by atoms with E-state index in [1.807, 2.05) is 0 Å². The normalized spacial score (nSPS) is 12.1. The number of rotatable bonds is 4. The number of nitro groups is 1. The molecule has 0 fully saturated rings. The zero-order valence-corrected chi connectivity index (χ0v) is 12.2. The molecule has 0 aromatic carbocycles. The Labute approximate surface area is 119 Å². The fraction of sp³-hybridized carbons (Fsp3) is 0.600. The third-order valence-electron chi connectivity index (χ3n) is 2.09. The minimum absolute atomic E-state index is 0.0136. The largest absolute Gasteiger partial charge is 0.691 e. The molecule has 0 aliphatic carbocycles. The van der Waals surface area contributed by atoms with E-state index in [4.69, 9.17) is 4.74 Å².